The fraction of sp³-hybridized carbons (Fsp3) is 0.526. The van der Waals surface area contributed by atoms with Crippen LogP contribution in [0.1, 0.15) is 47.5 Å². The second-order valence-corrected chi connectivity index (χ2v) is 9.66. The molecule has 0 atom stereocenters. The van der Waals surface area contributed by atoms with Crippen molar-refractivity contribution < 1.29 is 9.18 Å². The molecule has 2 N–H and O–H groups in total. The van der Waals surface area contributed by atoms with Gasteiger partial charge < -0.3 is 10.6 Å². The highest BCUT2D eigenvalue weighted by atomic mass is 32.2. The summed E-state index contributed by atoms with van der Waals surface area (Å²) in [6.07, 6.45) is 5.30. The van der Waals surface area contributed by atoms with Crippen molar-refractivity contribution in [2.75, 3.05) is 24.7 Å². The van der Waals surface area contributed by atoms with Gasteiger partial charge in [-0.25, -0.2) is 14.4 Å². The van der Waals surface area contributed by atoms with E-state index in [1.807, 2.05) is 20.8 Å². The number of hydrogen-bond donors (Lipinski definition) is 2. The quantitative estimate of drug-likeness (QED) is 0.732. The third kappa shape index (κ3) is 3.40. The number of aromatic nitrogens is 2. The maximum Gasteiger partial charge on any atom is 0.253 e. The van der Waals surface area contributed by atoms with Crippen molar-refractivity contribution in [1.82, 2.24) is 19.6 Å². The van der Waals surface area contributed by atoms with Crippen LogP contribution in [0, 0.1) is 12.7 Å². The average molecular weight is 422 g/mol. The molecule has 28 heavy (non-hydrogen) atoms. The molecule has 1 saturated heterocycles. The Labute approximate surface area is 172 Å². The van der Waals surface area contributed by atoms with Gasteiger partial charge in [0.05, 0.1) is 22.2 Å². The second-order valence-electron chi connectivity index (χ2n) is 7.76. The van der Waals surface area contributed by atoms with Gasteiger partial charge in [-0.15, -0.1) is 11.3 Å². The summed E-state index contributed by atoms with van der Waals surface area (Å²) in [5.41, 5.74) is 1.25. The minimum Gasteiger partial charge on any atom is -0.351 e. The summed E-state index contributed by atoms with van der Waals surface area (Å²) < 4.78 is 16.9. The minimum atomic E-state index is -0.469. The molecule has 9 heteroatoms. The highest BCUT2D eigenvalue weighted by Crippen LogP contribution is 2.44. The van der Waals surface area contributed by atoms with E-state index >= 15 is 0 Å². The van der Waals surface area contributed by atoms with E-state index in [1.54, 1.807) is 11.9 Å². The first kappa shape index (κ1) is 19.6. The monoisotopic (exact) mass is 421 g/mol. The van der Waals surface area contributed by atoms with Gasteiger partial charge in [-0.3, -0.25) is 9.10 Å². The zero-order valence-corrected chi connectivity index (χ0v) is 18.1. The third-order valence-corrected chi connectivity index (χ3v) is 7.88. The molecule has 0 bridgehead atoms. The lowest BCUT2D eigenvalue weighted by Gasteiger charge is -2.30. The van der Waals surface area contributed by atoms with Crippen LogP contribution in [0.15, 0.2) is 6.20 Å². The Hall–Kier alpha value is -1.71. The number of piperidine rings is 1. The molecule has 0 spiro atoms. The largest absolute Gasteiger partial charge is 0.351 e. The molecule has 0 aromatic carbocycles. The van der Waals surface area contributed by atoms with E-state index in [4.69, 9.17) is 0 Å². The molecular formula is C19H24FN5OS2. The van der Waals surface area contributed by atoms with E-state index < -0.39 is 11.4 Å². The number of hydrogen-bond acceptors (Lipinski definition) is 7. The number of rotatable bonds is 4. The first-order chi connectivity index (χ1) is 13.3. The van der Waals surface area contributed by atoms with Gasteiger partial charge in [0.25, 0.3) is 5.91 Å². The highest BCUT2D eigenvalue weighted by molar-refractivity contribution is 7.96. The number of amides is 1. The van der Waals surface area contributed by atoms with Gasteiger partial charge in [0, 0.05) is 24.0 Å². The Morgan fingerprint density at radius 1 is 1.39 bits per heavy atom. The van der Waals surface area contributed by atoms with Crippen LogP contribution >= 0.6 is 23.3 Å². The molecule has 0 radical (unpaired) electrons. The summed E-state index contributed by atoms with van der Waals surface area (Å²) >= 11 is 3.20. The van der Waals surface area contributed by atoms with Crippen molar-refractivity contribution in [1.29, 1.82) is 0 Å². The van der Waals surface area contributed by atoms with Crippen LogP contribution in [0.4, 0.5) is 10.3 Å². The Bertz CT molecular complexity index is 921. The van der Waals surface area contributed by atoms with Gasteiger partial charge in [0.1, 0.15) is 5.69 Å². The molecule has 2 aliphatic heterocycles. The number of fused-ring (bicyclic) bond motifs is 1. The van der Waals surface area contributed by atoms with E-state index in [9.17, 15) is 9.18 Å². The number of carbonyl (C=O) groups is 1. The van der Waals surface area contributed by atoms with Gasteiger partial charge >= 0.3 is 0 Å². The summed E-state index contributed by atoms with van der Waals surface area (Å²) in [6, 6.07) is 0.279. The number of carbonyl (C=O) groups excluding carboxylic acids is 1. The summed E-state index contributed by atoms with van der Waals surface area (Å²) in [5.74, 6) is -0.131. The molecule has 2 aromatic rings. The number of nitrogens with one attached hydrogen (secondary N) is 2. The summed E-state index contributed by atoms with van der Waals surface area (Å²) in [5, 5.41) is 6.33. The van der Waals surface area contributed by atoms with Gasteiger partial charge in [-0.1, -0.05) is 11.9 Å². The summed E-state index contributed by atoms with van der Waals surface area (Å²) in [7, 11) is 0. The maximum atomic E-state index is 14.6. The average Bonchev–Trinajstić information content (AvgIpc) is 3.12. The fourth-order valence-electron chi connectivity index (χ4n) is 3.82. The Balaban J connectivity index is 1.62. The standard InChI is InChI=1S/C19H24FN5OS2/c1-10-13-16(19(2,3)24-17(13)26)28-15(10)14-12(20)9-21-18(23-14)22-11-5-7-25(27-4)8-6-11/h9,11H,5-8H2,1-4H3,(H,24,26)(H,21,22,23). The van der Waals surface area contributed by atoms with Crippen molar-refractivity contribution in [2.24, 2.45) is 0 Å². The lowest BCUT2D eigenvalue weighted by molar-refractivity contribution is 0.0940. The first-order valence-corrected chi connectivity index (χ1v) is 11.3. The maximum absolute atomic E-state index is 14.6. The van der Waals surface area contributed by atoms with Crippen LogP contribution in [0.5, 0.6) is 0 Å². The summed E-state index contributed by atoms with van der Waals surface area (Å²) in [6.45, 7) is 7.79. The second kappa shape index (κ2) is 7.27. The fourth-order valence-corrected chi connectivity index (χ4v) is 5.75. The van der Waals surface area contributed by atoms with Crippen LogP contribution in [0.2, 0.25) is 0 Å². The van der Waals surface area contributed by atoms with Crippen molar-refractivity contribution >= 4 is 35.1 Å². The van der Waals surface area contributed by atoms with Crippen molar-refractivity contribution in [3.63, 3.8) is 0 Å². The molecule has 0 saturated carbocycles. The molecule has 6 nitrogen and oxygen atoms in total. The van der Waals surface area contributed by atoms with Gasteiger partial charge in [-0.2, -0.15) is 0 Å². The van der Waals surface area contributed by atoms with E-state index in [0.29, 0.717) is 16.4 Å². The predicted molar refractivity (Wildman–Crippen MR) is 112 cm³/mol. The topological polar surface area (TPSA) is 70.2 Å². The number of thiophene rings is 1. The Morgan fingerprint density at radius 3 is 2.75 bits per heavy atom. The van der Waals surface area contributed by atoms with Crippen molar-refractivity contribution in [2.45, 2.75) is 45.2 Å². The molecule has 2 aromatic heterocycles. The van der Waals surface area contributed by atoms with E-state index in [-0.39, 0.29) is 17.6 Å². The first-order valence-electron chi connectivity index (χ1n) is 9.35. The van der Waals surface area contributed by atoms with E-state index in [0.717, 1.165) is 36.4 Å². The van der Waals surface area contributed by atoms with Gasteiger partial charge in [0.2, 0.25) is 5.95 Å². The molecule has 1 amide bonds. The Kier molecular flexibility index (Phi) is 5.09. The normalized spacial score (nSPS) is 19.5. The molecule has 0 unspecified atom stereocenters. The Morgan fingerprint density at radius 2 is 2.11 bits per heavy atom. The highest BCUT2D eigenvalue weighted by Gasteiger charge is 2.40. The van der Waals surface area contributed by atoms with E-state index in [2.05, 4.69) is 31.2 Å². The third-order valence-electron chi connectivity index (χ3n) is 5.37. The zero-order chi connectivity index (χ0) is 20.1. The van der Waals surface area contributed by atoms with Crippen LogP contribution in [0.3, 0.4) is 0 Å². The molecule has 4 heterocycles. The molecule has 2 aliphatic rings. The van der Waals surface area contributed by atoms with Crippen LogP contribution < -0.4 is 10.6 Å². The molecule has 4 rings (SSSR count). The van der Waals surface area contributed by atoms with Gasteiger partial charge in [-0.05, 0) is 45.4 Å². The number of nitrogens with zero attached hydrogens (tertiary/aromatic N) is 3. The lowest BCUT2D eigenvalue weighted by Crippen LogP contribution is -2.35. The van der Waals surface area contributed by atoms with Crippen LogP contribution in [0.25, 0.3) is 10.6 Å². The van der Waals surface area contributed by atoms with E-state index in [1.165, 1.54) is 17.5 Å². The van der Waals surface area contributed by atoms with Crippen molar-refractivity contribution in [3.05, 3.63) is 28.0 Å². The number of halogens is 1. The SMILES string of the molecule is CSN1CCC(Nc2ncc(F)c(-c3sc4c(c3C)C(=O)NC4(C)C)n2)CC1. The molecule has 1 fully saturated rings. The molecule has 0 aliphatic carbocycles. The predicted octanol–water partition coefficient (Wildman–Crippen LogP) is 3.79. The molecule has 150 valence electrons. The zero-order valence-electron chi connectivity index (χ0n) is 16.4. The van der Waals surface area contributed by atoms with Crippen molar-refractivity contribution in [3.8, 4) is 10.6 Å². The lowest BCUT2D eigenvalue weighted by atomic mass is 10.0. The smallest absolute Gasteiger partial charge is 0.253 e. The summed E-state index contributed by atoms with van der Waals surface area (Å²) in [4.78, 5) is 22.6. The minimum absolute atomic E-state index is 0.103. The molecular weight excluding hydrogens is 397 g/mol. The van der Waals surface area contributed by atoms with Gasteiger partial charge in [0.15, 0.2) is 5.82 Å². The van der Waals surface area contributed by atoms with Crippen LogP contribution in [-0.2, 0) is 5.54 Å². The van der Waals surface area contributed by atoms with Crippen LogP contribution in [-0.4, -0.2) is 45.6 Å². The number of anilines is 1.